The lowest BCUT2D eigenvalue weighted by atomic mass is 10.1. The minimum Gasteiger partial charge on any atom is -0.357 e. The fourth-order valence-corrected chi connectivity index (χ4v) is 4.49. The number of benzene rings is 2. The van der Waals surface area contributed by atoms with Crippen LogP contribution >= 0.6 is 0 Å². The van der Waals surface area contributed by atoms with Crippen LogP contribution in [0.25, 0.3) is 10.9 Å². The van der Waals surface area contributed by atoms with E-state index in [4.69, 9.17) is 0 Å². The molecular formula is C21H20F3N3O2S. The number of alkyl halides is 3. The zero-order valence-corrected chi connectivity index (χ0v) is 17.0. The normalized spacial score (nSPS) is 18.3. The molecule has 0 radical (unpaired) electrons. The molecule has 0 unspecified atom stereocenters. The van der Waals surface area contributed by atoms with Gasteiger partial charge in [-0.2, -0.15) is 13.2 Å². The van der Waals surface area contributed by atoms with Crippen molar-refractivity contribution in [3.63, 3.8) is 0 Å². The molecular weight excluding hydrogens is 415 g/mol. The number of para-hydroxylation sites is 1. The summed E-state index contributed by atoms with van der Waals surface area (Å²) in [4.78, 5) is 7.93. The number of pyridine rings is 1. The maximum atomic E-state index is 12.7. The van der Waals surface area contributed by atoms with Gasteiger partial charge in [0.1, 0.15) is 0 Å². The quantitative estimate of drug-likeness (QED) is 0.615. The number of sulfone groups is 1. The lowest BCUT2D eigenvalue weighted by molar-refractivity contribution is -0.0436. The van der Waals surface area contributed by atoms with E-state index in [9.17, 15) is 21.6 Å². The smallest absolute Gasteiger partial charge is 0.357 e. The Kier molecular flexibility index (Phi) is 5.19. The van der Waals surface area contributed by atoms with Crippen LogP contribution in [0.4, 0.5) is 18.9 Å². The average Bonchev–Trinajstić information content (AvgIpc) is 3.08. The first-order valence-electron chi connectivity index (χ1n) is 9.40. The molecule has 0 spiro atoms. The van der Waals surface area contributed by atoms with Crippen molar-refractivity contribution in [2.24, 2.45) is 0 Å². The molecule has 0 saturated carbocycles. The van der Waals surface area contributed by atoms with Crippen LogP contribution in [0.5, 0.6) is 0 Å². The molecule has 2 heterocycles. The number of halogens is 3. The summed E-state index contributed by atoms with van der Waals surface area (Å²) in [6, 6.07) is 15.0. The van der Waals surface area contributed by atoms with Crippen molar-refractivity contribution >= 4 is 26.4 Å². The van der Waals surface area contributed by atoms with E-state index >= 15 is 0 Å². The summed E-state index contributed by atoms with van der Waals surface area (Å²) in [6.45, 7) is 4.07. The van der Waals surface area contributed by atoms with Gasteiger partial charge < -0.3 is 4.90 Å². The minimum atomic E-state index is -5.33. The highest BCUT2D eigenvalue weighted by Crippen LogP contribution is 2.32. The number of hydrogen-bond acceptors (Lipinski definition) is 5. The van der Waals surface area contributed by atoms with E-state index in [1.54, 1.807) is 6.20 Å². The van der Waals surface area contributed by atoms with E-state index < -0.39 is 20.2 Å². The molecule has 1 aliphatic heterocycles. The maximum absolute atomic E-state index is 12.7. The van der Waals surface area contributed by atoms with Gasteiger partial charge in [0.15, 0.2) is 0 Å². The number of fused-ring (bicyclic) bond motifs is 1. The molecule has 1 saturated heterocycles. The van der Waals surface area contributed by atoms with Gasteiger partial charge in [0.05, 0.1) is 17.1 Å². The predicted octanol–water partition coefficient (Wildman–Crippen LogP) is 4.20. The zero-order chi connectivity index (χ0) is 21.5. The lowest BCUT2D eigenvalue weighted by Crippen LogP contribution is -2.28. The van der Waals surface area contributed by atoms with E-state index in [1.165, 1.54) is 12.1 Å². The fraction of sp³-hybridized carbons (Fsp3) is 0.286. The van der Waals surface area contributed by atoms with Crippen LogP contribution in [-0.4, -0.2) is 43.1 Å². The molecule has 1 aliphatic rings. The molecule has 1 fully saturated rings. The largest absolute Gasteiger partial charge is 0.501 e. The van der Waals surface area contributed by atoms with Crippen molar-refractivity contribution in [1.29, 1.82) is 0 Å². The van der Waals surface area contributed by atoms with Crippen molar-refractivity contribution in [2.45, 2.75) is 29.9 Å². The first kappa shape index (κ1) is 20.6. The summed E-state index contributed by atoms with van der Waals surface area (Å²) in [5.74, 6) is 0. The van der Waals surface area contributed by atoms with E-state index in [0.29, 0.717) is 25.4 Å². The third-order valence-corrected chi connectivity index (χ3v) is 6.89. The van der Waals surface area contributed by atoms with Crippen molar-refractivity contribution in [3.8, 4) is 0 Å². The molecule has 4 rings (SSSR count). The first-order chi connectivity index (χ1) is 14.2. The Morgan fingerprint density at radius 2 is 1.77 bits per heavy atom. The number of anilines is 1. The highest BCUT2D eigenvalue weighted by molar-refractivity contribution is 7.92. The summed E-state index contributed by atoms with van der Waals surface area (Å²) in [6.07, 6.45) is 1.79. The summed E-state index contributed by atoms with van der Waals surface area (Å²) in [5.41, 5.74) is -2.54. The molecule has 0 aliphatic carbocycles. The van der Waals surface area contributed by atoms with Gasteiger partial charge in [-0.15, -0.1) is 0 Å². The van der Waals surface area contributed by atoms with Crippen molar-refractivity contribution in [2.75, 3.05) is 18.1 Å². The van der Waals surface area contributed by atoms with Crippen LogP contribution in [0.3, 0.4) is 0 Å². The van der Waals surface area contributed by atoms with Gasteiger partial charge in [-0.05, 0) is 48.9 Å². The summed E-state index contributed by atoms with van der Waals surface area (Å²) >= 11 is 0. The van der Waals surface area contributed by atoms with Crippen LogP contribution in [0.15, 0.2) is 65.7 Å². The van der Waals surface area contributed by atoms with Crippen LogP contribution in [0.1, 0.15) is 12.5 Å². The molecule has 5 nitrogen and oxygen atoms in total. The molecule has 0 amide bonds. The standard InChI is InChI=1S/C21H20F3N3O2S/c1-15-12-27(17-6-8-18(9-7-17)30(28,29)21(22,23)24)14-26(15)13-16-10-11-25-20-5-3-2-4-19(16)20/h2-11,15H,12-14H2,1H3/t15-/m1/s1. The van der Waals surface area contributed by atoms with E-state index in [2.05, 4.69) is 16.8 Å². The van der Waals surface area contributed by atoms with Gasteiger partial charge in [0.25, 0.3) is 9.84 Å². The number of aromatic nitrogens is 1. The van der Waals surface area contributed by atoms with E-state index in [0.717, 1.165) is 28.6 Å². The minimum absolute atomic E-state index is 0.218. The van der Waals surface area contributed by atoms with Gasteiger partial charge in [0, 0.05) is 36.4 Å². The summed E-state index contributed by atoms with van der Waals surface area (Å²) in [5, 5.41) is 1.09. The average molecular weight is 435 g/mol. The van der Waals surface area contributed by atoms with E-state index in [-0.39, 0.29) is 6.04 Å². The molecule has 1 atom stereocenters. The SMILES string of the molecule is C[C@@H]1CN(c2ccc(S(=O)(=O)C(F)(F)F)cc2)CN1Cc1ccnc2ccccc12. The van der Waals surface area contributed by atoms with Crippen LogP contribution < -0.4 is 4.90 Å². The number of hydrogen-bond donors (Lipinski definition) is 0. The highest BCUT2D eigenvalue weighted by Gasteiger charge is 2.46. The predicted molar refractivity (Wildman–Crippen MR) is 109 cm³/mol. The zero-order valence-electron chi connectivity index (χ0n) is 16.2. The Morgan fingerprint density at radius 3 is 2.47 bits per heavy atom. The van der Waals surface area contributed by atoms with Crippen molar-refractivity contribution < 1.29 is 21.6 Å². The van der Waals surface area contributed by atoms with Crippen LogP contribution in [0.2, 0.25) is 0 Å². The van der Waals surface area contributed by atoms with Crippen LogP contribution in [0, 0.1) is 0 Å². The topological polar surface area (TPSA) is 53.5 Å². The van der Waals surface area contributed by atoms with Crippen molar-refractivity contribution in [3.05, 3.63) is 66.4 Å². The molecule has 0 bridgehead atoms. The summed E-state index contributed by atoms with van der Waals surface area (Å²) in [7, 11) is -5.33. The molecule has 1 aromatic heterocycles. The molecule has 9 heteroatoms. The monoisotopic (exact) mass is 435 g/mol. The van der Waals surface area contributed by atoms with Gasteiger partial charge >= 0.3 is 5.51 Å². The number of nitrogens with zero attached hydrogens (tertiary/aromatic N) is 3. The Morgan fingerprint density at radius 1 is 1.07 bits per heavy atom. The van der Waals surface area contributed by atoms with E-state index in [1.807, 2.05) is 35.2 Å². The van der Waals surface area contributed by atoms with Crippen LogP contribution in [-0.2, 0) is 16.4 Å². The highest BCUT2D eigenvalue weighted by atomic mass is 32.2. The fourth-order valence-electron chi connectivity index (χ4n) is 3.73. The Hall–Kier alpha value is -2.65. The second-order valence-electron chi connectivity index (χ2n) is 7.39. The third-order valence-electron chi connectivity index (χ3n) is 5.39. The van der Waals surface area contributed by atoms with Gasteiger partial charge in [0.2, 0.25) is 0 Å². The van der Waals surface area contributed by atoms with Gasteiger partial charge in [-0.1, -0.05) is 18.2 Å². The maximum Gasteiger partial charge on any atom is 0.501 e. The third kappa shape index (κ3) is 3.75. The van der Waals surface area contributed by atoms with Gasteiger partial charge in [-0.25, -0.2) is 8.42 Å². The second kappa shape index (κ2) is 7.55. The molecule has 2 aromatic carbocycles. The Bertz CT molecular complexity index is 1160. The summed E-state index contributed by atoms with van der Waals surface area (Å²) < 4.78 is 61.3. The second-order valence-corrected chi connectivity index (χ2v) is 9.33. The molecule has 3 aromatic rings. The lowest BCUT2D eigenvalue weighted by Gasteiger charge is -2.22. The molecule has 0 N–H and O–H groups in total. The van der Waals surface area contributed by atoms with Gasteiger partial charge in [-0.3, -0.25) is 9.88 Å². The molecule has 158 valence electrons. The Labute approximate surface area is 172 Å². The number of rotatable bonds is 4. The first-order valence-corrected chi connectivity index (χ1v) is 10.9. The Balaban J connectivity index is 1.52. The molecule has 30 heavy (non-hydrogen) atoms. The van der Waals surface area contributed by atoms with Crippen molar-refractivity contribution in [1.82, 2.24) is 9.88 Å².